The highest BCUT2D eigenvalue weighted by molar-refractivity contribution is 6.00. The van der Waals surface area contributed by atoms with Gasteiger partial charge in [-0.1, -0.05) is 18.2 Å². The number of benzene rings is 2. The van der Waals surface area contributed by atoms with Crippen LogP contribution in [-0.4, -0.2) is 18.1 Å². The average molecular weight is 306 g/mol. The number of rotatable bonds is 2. The van der Waals surface area contributed by atoms with Gasteiger partial charge in [0.05, 0.1) is 24.9 Å². The number of methoxy groups -OCH3 is 1. The van der Waals surface area contributed by atoms with Crippen molar-refractivity contribution >= 4 is 22.4 Å². The summed E-state index contributed by atoms with van der Waals surface area (Å²) >= 11 is 0. The lowest BCUT2D eigenvalue weighted by Crippen LogP contribution is -2.01. The first kappa shape index (κ1) is 14.7. The molecule has 0 aliphatic carbocycles. The van der Waals surface area contributed by atoms with E-state index in [0.717, 1.165) is 5.39 Å². The van der Waals surface area contributed by atoms with Crippen molar-refractivity contribution in [2.24, 2.45) is 0 Å². The fourth-order valence-corrected chi connectivity index (χ4v) is 2.39. The molecule has 0 spiro atoms. The van der Waals surface area contributed by atoms with Crippen LogP contribution in [0.25, 0.3) is 26.9 Å². The Hall–Kier alpha value is -3.26. The van der Waals surface area contributed by atoms with Gasteiger partial charge in [0.2, 0.25) is 0 Å². The first-order chi connectivity index (χ1) is 11.1. The van der Waals surface area contributed by atoms with Gasteiger partial charge in [-0.25, -0.2) is 14.0 Å². The first-order valence-electron chi connectivity index (χ1n) is 6.78. The molecule has 0 radical (unpaired) electrons. The van der Waals surface area contributed by atoms with Crippen LogP contribution < -0.4 is 0 Å². The number of pyridine rings is 1. The summed E-state index contributed by atoms with van der Waals surface area (Å²) in [5.74, 6) is -0.993. The van der Waals surface area contributed by atoms with Gasteiger partial charge in [0, 0.05) is 17.1 Å². The minimum absolute atomic E-state index is 0.224. The van der Waals surface area contributed by atoms with E-state index >= 15 is 0 Å². The standard InChI is InChI=1S/C18H11FN2O2/c1-20-13-5-6-14(16(19)10-13)17-15-9-12(18(22)23-2)4-3-11(15)7-8-21-17/h3-10H,2H3. The second-order valence-electron chi connectivity index (χ2n) is 4.86. The molecule has 0 saturated heterocycles. The van der Waals surface area contributed by atoms with Crippen LogP contribution in [0.4, 0.5) is 10.1 Å². The largest absolute Gasteiger partial charge is 0.465 e. The normalized spacial score (nSPS) is 10.3. The third kappa shape index (κ3) is 2.62. The Bertz CT molecular complexity index is 961. The SMILES string of the molecule is [C-]#[N+]c1ccc(-c2nccc3ccc(C(=O)OC)cc23)c(F)c1. The lowest BCUT2D eigenvalue weighted by molar-refractivity contribution is 0.0601. The minimum atomic E-state index is -0.526. The van der Waals surface area contributed by atoms with E-state index in [9.17, 15) is 9.18 Å². The Kier molecular flexibility index (Phi) is 3.73. The van der Waals surface area contributed by atoms with Gasteiger partial charge in [0.15, 0.2) is 5.69 Å². The van der Waals surface area contributed by atoms with Crippen molar-refractivity contribution in [3.8, 4) is 11.3 Å². The molecule has 23 heavy (non-hydrogen) atoms. The van der Waals surface area contributed by atoms with Crippen LogP contribution >= 0.6 is 0 Å². The van der Waals surface area contributed by atoms with Gasteiger partial charge in [0.25, 0.3) is 0 Å². The van der Waals surface area contributed by atoms with Gasteiger partial charge in [-0.3, -0.25) is 4.98 Å². The molecule has 0 amide bonds. The van der Waals surface area contributed by atoms with Crippen molar-refractivity contribution in [2.45, 2.75) is 0 Å². The highest BCUT2D eigenvalue weighted by atomic mass is 19.1. The molecule has 112 valence electrons. The predicted octanol–water partition coefficient (Wildman–Crippen LogP) is 4.38. The second kappa shape index (κ2) is 5.85. The maximum absolute atomic E-state index is 14.3. The molecule has 4 nitrogen and oxygen atoms in total. The van der Waals surface area contributed by atoms with E-state index in [2.05, 4.69) is 9.83 Å². The third-order valence-electron chi connectivity index (χ3n) is 3.52. The van der Waals surface area contributed by atoms with E-state index < -0.39 is 11.8 Å². The topological polar surface area (TPSA) is 43.5 Å². The van der Waals surface area contributed by atoms with Crippen LogP contribution in [0.5, 0.6) is 0 Å². The minimum Gasteiger partial charge on any atom is -0.465 e. The summed E-state index contributed by atoms with van der Waals surface area (Å²) in [6, 6.07) is 11.1. The molecule has 5 heteroatoms. The highest BCUT2D eigenvalue weighted by Gasteiger charge is 2.13. The summed E-state index contributed by atoms with van der Waals surface area (Å²) in [5.41, 5.74) is 1.29. The molecule has 0 atom stereocenters. The molecule has 3 aromatic rings. The molecular weight excluding hydrogens is 295 g/mol. The first-order valence-corrected chi connectivity index (χ1v) is 6.78. The highest BCUT2D eigenvalue weighted by Crippen LogP contribution is 2.31. The van der Waals surface area contributed by atoms with Crippen molar-refractivity contribution in [3.63, 3.8) is 0 Å². The molecule has 3 rings (SSSR count). The van der Waals surface area contributed by atoms with Gasteiger partial charge in [-0.05, 0) is 29.7 Å². The van der Waals surface area contributed by atoms with Crippen LogP contribution in [0.2, 0.25) is 0 Å². The molecule has 0 bridgehead atoms. The molecule has 0 unspecified atom stereocenters. The van der Waals surface area contributed by atoms with E-state index in [-0.39, 0.29) is 11.3 Å². The van der Waals surface area contributed by atoms with Crippen molar-refractivity contribution < 1.29 is 13.9 Å². The molecule has 2 aromatic carbocycles. The molecule has 0 aliphatic heterocycles. The van der Waals surface area contributed by atoms with E-state index in [1.165, 1.54) is 25.3 Å². The van der Waals surface area contributed by atoms with Crippen molar-refractivity contribution in [3.05, 3.63) is 71.5 Å². The number of aromatic nitrogens is 1. The van der Waals surface area contributed by atoms with Crippen LogP contribution in [-0.2, 0) is 4.74 Å². The zero-order valence-electron chi connectivity index (χ0n) is 12.2. The molecule has 1 aromatic heterocycles. The smallest absolute Gasteiger partial charge is 0.337 e. The molecule has 0 N–H and O–H groups in total. The zero-order chi connectivity index (χ0) is 16.4. The lowest BCUT2D eigenvalue weighted by atomic mass is 10.0. The number of hydrogen-bond acceptors (Lipinski definition) is 3. The van der Waals surface area contributed by atoms with Crippen LogP contribution in [0.1, 0.15) is 10.4 Å². The summed E-state index contributed by atoms with van der Waals surface area (Å²) in [7, 11) is 1.30. The molecule has 0 fully saturated rings. The second-order valence-corrected chi connectivity index (χ2v) is 4.86. The van der Waals surface area contributed by atoms with Gasteiger partial charge < -0.3 is 4.74 Å². The number of hydrogen-bond donors (Lipinski definition) is 0. The Morgan fingerprint density at radius 2 is 2.04 bits per heavy atom. The molecule has 0 saturated carbocycles. The average Bonchev–Trinajstić information content (AvgIpc) is 2.60. The van der Waals surface area contributed by atoms with Crippen LogP contribution in [0, 0.1) is 12.4 Å². The Balaban J connectivity index is 2.25. The van der Waals surface area contributed by atoms with Crippen LogP contribution in [0.3, 0.4) is 0 Å². The summed E-state index contributed by atoms with van der Waals surface area (Å²) in [5, 5.41) is 1.47. The van der Waals surface area contributed by atoms with E-state index in [4.69, 9.17) is 11.3 Å². The Morgan fingerprint density at radius 3 is 2.74 bits per heavy atom. The fraction of sp³-hybridized carbons (Fsp3) is 0.0556. The number of ether oxygens (including phenoxy) is 1. The van der Waals surface area contributed by atoms with Crippen LogP contribution in [0.15, 0.2) is 48.7 Å². The third-order valence-corrected chi connectivity index (χ3v) is 3.52. The van der Waals surface area contributed by atoms with E-state index in [0.29, 0.717) is 16.6 Å². The quantitative estimate of drug-likeness (QED) is 0.521. The Labute approximate surface area is 132 Å². The molecule has 0 aliphatic rings. The fourth-order valence-electron chi connectivity index (χ4n) is 2.39. The summed E-state index contributed by atoms with van der Waals surface area (Å²) in [6.07, 6.45) is 1.58. The number of halogens is 1. The number of carbonyl (C=O) groups is 1. The van der Waals surface area contributed by atoms with Crippen molar-refractivity contribution in [1.82, 2.24) is 4.98 Å². The van der Waals surface area contributed by atoms with Gasteiger partial charge in [0.1, 0.15) is 5.82 Å². The summed E-state index contributed by atoms with van der Waals surface area (Å²) in [6.45, 7) is 6.93. The van der Waals surface area contributed by atoms with Gasteiger partial charge >= 0.3 is 5.97 Å². The Morgan fingerprint density at radius 1 is 1.22 bits per heavy atom. The molecular formula is C18H11FN2O2. The maximum atomic E-state index is 14.3. The lowest BCUT2D eigenvalue weighted by Gasteiger charge is -2.09. The number of fused-ring (bicyclic) bond motifs is 1. The van der Waals surface area contributed by atoms with Gasteiger partial charge in [-0.2, -0.15) is 0 Å². The number of nitrogens with zero attached hydrogens (tertiary/aromatic N) is 2. The monoisotopic (exact) mass is 306 g/mol. The maximum Gasteiger partial charge on any atom is 0.337 e. The number of carbonyl (C=O) groups excluding carboxylic acids is 1. The number of esters is 1. The predicted molar refractivity (Wildman–Crippen MR) is 84.7 cm³/mol. The van der Waals surface area contributed by atoms with E-state index in [1.807, 2.05) is 0 Å². The van der Waals surface area contributed by atoms with Crippen molar-refractivity contribution in [2.75, 3.05) is 7.11 Å². The molecule has 1 heterocycles. The van der Waals surface area contributed by atoms with E-state index in [1.54, 1.807) is 30.5 Å². The van der Waals surface area contributed by atoms with Crippen molar-refractivity contribution in [1.29, 1.82) is 0 Å². The zero-order valence-corrected chi connectivity index (χ0v) is 12.2. The summed E-state index contributed by atoms with van der Waals surface area (Å²) in [4.78, 5) is 19.2. The van der Waals surface area contributed by atoms with Gasteiger partial charge in [-0.15, -0.1) is 0 Å². The summed E-state index contributed by atoms with van der Waals surface area (Å²) < 4.78 is 19.0.